The summed E-state index contributed by atoms with van der Waals surface area (Å²) in [6.07, 6.45) is 1.90. The Labute approximate surface area is 127 Å². The molecule has 0 aliphatic heterocycles. The highest BCUT2D eigenvalue weighted by Gasteiger charge is 2.05. The number of aliphatic imine (C=N–C) groups is 1. The number of hydrogen-bond acceptors (Lipinski definition) is 5. The Bertz CT molecular complexity index is 580. The number of nitrogens with one attached hydrogen (secondary N) is 2. The summed E-state index contributed by atoms with van der Waals surface area (Å²) in [5, 5.41) is 8.71. The predicted molar refractivity (Wildman–Crippen MR) is 85.5 cm³/mol. The topological polar surface area (TPSA) is 62.2 Å². The Morgan fingerprint density at radius 2 is 1.95 bits per heavy atom. The average molecular weight is 309 g/mol. The van der Waals surface area contributed by atoms with Gasteiger partial charge < -0.3 is 10.6 Å². The minimum absolute atomic E-state index is 0.695. The van der Waals surface area contributed by atoms with Crippen molar-refractivity contribution in [1.82, 2.24) is 20.6 Å². The van der Waals surface area contributed by atoms with Crippen LogP contribution >= 0.6 is 22.7 Å². The van der Waals surface area contributed by atoms with Crippen LogP contribution in [0.5, 0.6) is 0 Å². The molecule has 0 bridgehead atoms. The van der Waals surface area contributed by atoms with Gasteiger partial charge in [0.2, 0.25) is 0 Å². The summed E-state index contributed by atoms with van der Waals surface area (Å²) < 4.78 is 0. The number of aryl methyl sites for hydroxylation is 3. The second-order valence-corrected chi connectivity index (χ2v) is 6.98. The fraction of sp³-hybridized carbons (Fsp3) is 0.462. The first-order valence-corrected chi connectivity index (χ1v) is 8.00. The van der Waals surface area contributed by atoms with E-state index in [1.54, 1.807) is 29.7 Å². The Hall–Kier alpha value is -1.47. The summed E-state index contributed by atoms with van der Waals surface area (Å²) in [6.45, 7) is 7.57. The van der Waals surface area contributed by atoms with E-state index in [9.17, 15) is 0 Å². The normalized spacial score (nSPS) is 11.7. The molecular formula is C13H19N5S2. The van der Waals surface area contributed by atoms with Crippen LogP contribution in [0.25, 0.3) is 0 Å². The molecule has 0 saturated carbocycles. The highest BCUT2D eigenvalue weighted by atomic mass is 32.1. The number of nitrogens with zero attached hydrogens (tertiary/aromatic N) is 3. The summed E-state index contributed by atoms with van der Waals surface area (Å²) in [4.78, 5) is 15.4. The molecule has 20 heavy (non-hydrogen) atoms. The molecule has 0 radical (unpaired) electrons. The summed E-state index contributed by atoms with van der Waals surface area (Å²) in [5.74, 6) is 0.779. The molecule has 0 atom stereocenters. The van der Waals surface area contributed by atoms with Crippen molar-refractivity contribution in [2.75, 3.05) is 7.05 Å². The lowest BCUT2D eigenvalue weighted by molar-refractivity contribution is 0.808. The first-order valence-electron chi connectivity index (χ1n) is 6.37. The number of aromatic nitrogens is 2. The van der Waals surface area contributed by atoms with Gasteiger partial charge in [0.15, 0.2) is 5.96 Å². The zero-order chi connectivity index (χ0) is 14.5. The van der Waals surface area contributed by atoms with E-state index in [-0.39, 0.29) is 0 Å². The minimum atomic E-state index is 0.695. The van der Waals surface area contributed by atoms with Gasteiger partial charge in [0.25, 0.3) is 0 Å². The van der Waals surface area contributed by atoms with Crippen molar-refractivity contribution in [2.24, 2.45) is 4.99 Å². The Kier molecular flexibility index (Phi) is 5.08. The minimum Gasteiger partial charge on any atom is -0.351 e. The lowest BCUT2D eigenvalue weighted by Gasteiger charge is -2.09. The van der Waals surface area contributed by atoms with Gasteiger partial charge in [-0.2, -0.15) is 0 Å². The number of hydrogen-bond donors (Lipinski definition) is 2. The Morgan fingerprint density at radius 1 is 1.20 bits per heavy atom. The van der Waals surface area contributed by atoms with Gasteiger partial charge in [-0.25, -0.2) is 9.97 Å². The van der Waals surface area contributed by atoms with Crippen molar-refractivity contribution in [2.45, 2.75) is 33.9 Å². The average Bonchev–Trinajstić information content (AvgIpc) is 2.97. The van der Waals surface area contributed by atoms with Gasteiger partial charge in [-0.15, -0.1) is 22.7 Å². The van der Waals surface area contributed by atoms with Crippen LogP contribution in [0.3, 0.4) is 0 Å². The molecule has 2 N–H and O–H groups in total. The molecule has 2 heterocycles. The van der Waals surface area contributed by atoms with E-state index in [4.69, 9.17) is 0 Å². The first-order chi connectivity index (χ1) is 9.58. The molecule has 2 aromatic heterocycles. The summed E-state index contributed by atoms with van der Waals surface area (Å²) in [7, 11) is 1.77. The Balaban J connectivity index is 1.83. The van der Waals surface area contributed by atoms with Gasteiger partial charge in [0.05, 0.1) is 23.8 Å². The molecule has 0 saturated heterocycles. The van der Waals surface area contributed by atoms with Gasteiger partial charge in [-0.05, 0) is 20.8 Å². The lowest BCUT2D eigenvalue weighted by atomic mass is 10.4. The SMILES string of the molecule is CN=C(NCc1cnc(C)s1)NCc1nc(C)c(C)s1. The van der Waals surface area contributed by atoms with Gasteiger partial charge >= 0.3 is 0 Å². The van der Waals surface area contributed by atoms with Crippen molar-refractivity contribution in [1.29, 1.82) is 0 Å². The molecule has 0 aliphatic rings. The largest absolute Gasteiger partial charge is 0.351 e. The van der Waals surface area contributed by atoms with Gasteiger partial charge in [0.1, 0.15) is 5.01 Å². The fourth-order valence-electron chi connectivity index (χ4n) is 1.65. The van der Waals surface area contributed by atoms with Crippen molar-refractivity contribution in [3.8, 4) is 0 Å². The molecular weight excluding hydrogens is 290 g/mol. The second-order valence-electron chi connectivity index (χ2n) is 4.37. The van der Waals surface area contributed by atoms with E-state index in [0.29, 0.717) is 6.54 Å². The van der Waals surface area contributed by atoms with E-state index >= 15 is 0 Å². The maximum atomic E-state index is 4.50. The van der Waals surface area contributed by atoms with E-state index in [1.807, 2.05) is 20.0 Å². The smallest absolute Gasteiger partial charge is 0.191 e. The van der Waals surface area contributed by atoms with E-state index in [1.165, 1.54) is 9.75 Å². The molecule has 0 aromatic carbocycles. The molecule has 2 aromatic rings. The van der Waals surface area contributed by atoms with E-state index < -0.39 is 0 Å². The summed E-state index contributed by atoms with van der Waals surface area (Å²) in [6, 6.07) is 0. The third kappa shape index (κ3) is 4.01. The molecule has 0 aliphatic carbocycles. The van der Waals surface area contributed by atoms with Crippen molar-refractivity contribution in [3.05, 3.63) is 31.7 Å². The van der Waals surface area contributed by atoms with Crippen LogP contribution in [0.2, 0.25) is 0 Å². The molecule has 0 fully saturated rings. The molecule has 0 amide bonds. The van der Waals surface area contributed by atoms with E-state index in [2.05, 4.69) is 32.5 Å². The second kappa shape index (κ2) is 6.81. The summed E-state index contributed by atoms with van der Waals surface area (Å²) >= 11 is 3.41. The van der Waals surface area contributed by atoms with E-state index in [0.717, 1.165) is 28.2 Å². The van der Waals surface area contributed by atoms with Gasteiger partial charge in [-0.1, -0.05) is 0 Å². The number of thiazole rings is 2. The van der Waals surface area contributed by atoms with Crippen LogP contribution in [0, 0.1) is 20.8 Å². The molecule has 0 spiro atoms. The fourth-order valence-corrected chi connectivity index (χ4v) is 3.26. The maximum Gasteiger partial charge on any atom is 0.191 e. The third-order valence-electron chi connectivity index (χ3n) is 2.80. The highest BCUT2D eigenvalue weighted by Crippen LogP contribution is 2.16. The quantitative estimate of drug-likeness (QED) is 0.672. The third-order valence-corrected chi connectivity index (χ3v) is 4.79. The molecule has 0 unspecified atom stereocenters. The summed E-state index contributed by atoms with van der Waals surface area (Å²) in [5.41, 5.74) is 1.11. The maximum absolute atomic E-state index is 4.50. The van der Waals surface area contributed by atoms with Crippen LogP contribution in [0.4, 0.5) is 0 Å². The first kappa shape index (κ1) is 14.9. The van der Waals surface area contributed by atoms with Crippen LogP contribution < -0.4 is 10.6 Å². The van der Waals surface area contributed by atoms with Crippen molar-refractivity contribution < 1.29 is 0 Å². The van der Waals surface area contributed by atoms with Gasteiger partial charge in [-0.3, -0.25) is 4.99 Å². The Morgan fingerprint density at radius 3 is 2.50 bits per heavy atom. The zero-order valence-corrected chi connectivity index (χ0v) is 13.8. The van der Waals surface area contributed by atoms with Crippen LogP contribution in [-0.4, -0.2) is 23.0 Å². The highest BCUT2D eigenvalue weighted by molar-refractivity contribution is 7.11. The van der Waals surface area contributed by atoms with Crippen LogP contribution in [-0.2, 0) is 13.1 Å². The van der Waals surface area contributed by atoms with Crippen LogP contribution in [0.1, 0.15) is 25.5 Å². The predicted octanol–water partition coefficient (Wildman–Crippen LogP) is 2.39. The number of guanidine groups is 1. The zero-order valence-electron chi connectivity index (χ0n) is 12.1. The van der Waals surface area contributed by atoms with Crippen LogP contribution in [0.15, 0.2) is 11.2 Å². The van der Waals surface area contributed by atoms with Gasteiger partial charge in [0, 0.05) is 23.0 Å². The molecule has 108 valence electrons. The number of rotatable bonds is 4. The molecule has 7 heteroatoms. The molecule has 2 rings (SSSR count). The molecule has 5 nitrogen and oxygen atoms in total. The van der Waals surface area contributed by atoms with Crippen molar-refractivity contribution >= 4 is 28.6 Å². The monoisotopic (exact) mass is 309 g/mol. The van der Waals surface area contributed by atoms with Crippen molar-refractivity contribution in [3.63, 3.8) is 0 Å². The lowest BCUT2D eigenvalue weighted by Crippen LogP contribution is -2.36. The standard InChI is InChI=1S/C13H19N5S2/c1-8-9(2)19-12(18-8)7-17-13(14-4)16-6-11-5-15-10(3)20-11/h5H,6-7H2,1-4H3,(H2,14,16,17).